The summed E-state index contributed by atoms with van der Waals surface area (Å²) >= 11 is 6.32. The molecule has 10 nitrogen and oxygen atoms in total. The van der Waals surface area contributed by atoms with Gasteiger partial charge in [-0.15, -0.1) is 0 Å². The number of aromatic carboxylic acids is 1. The average molecular weight is 554 g/mol. The number of aromatic nitrogens is 2. The van der Waals surface area contributed by atoms with E-state index in [1.54, 1.807) is 42.5 Å². The van der Waals surface area contributed by atoms with Crippen LogP contribution in [0.1, 0.15) is 58.8 Å². The number of nitrogens with zero attached hydrogens (tertiary/aromatic N) is 3. The van der Waals surface area contributed by atoms with Crippen molar-refractivity contribution in [1.82, 2.24) is 9.55 Å². The van der Waals surface area contributed by atoms with Crippen LogP contribution < -0.4 is 4.90 Å². The first kappa shape index (κ1) is 24.0. The summed E-state index contributed by atoms with van der Waals surface area (Å²) in [5, 5.41) is 9.47. The van der Waals surface area contributed by atoms with Crippen LogP contribution >= 0.6 is 11.6 Å². The summed E-state index contributed by atoms with van der Waals surface area (Å²) in [6.07, 6.45) is 3.23. The van der Waals surface area contributed by atoms with Crippen LogP contribution in [-0.2, 0) is 9.53 Å². The highest BCUT2D eigenvalue weighted by molar-refractivity contribution is 6.37. The van der Waals surface area contributed by atoms with E-state index in [2.05, 4.69) is 4.98 Å². The monoisotopic (exact) mass is 553 g/mol. The molecule has 0 saturated carbocycles. The molecule has 40 heavy (non-hydrogen) atoms. The number of hydrogen-bond acceptors (Lipinski definition) is 7. The van der Waals surface area contributed by atoms with Crippen LogP contribution in [0.15, 0.2) is 60.7 Å². The quantitative estimate of drug-likeness (QED) is 0.224. The Bertz CT molecular complexity index is 1940. The van der Waals surface area contributed by atoms with Gasteiger partial charge in [0.05, 0.1) is 51.8 Å². The summed E-state index contributed by atoms with van der Waals surface area (Å²) in [6, 6.07) is 11.8. The summed E-state index contributed by atoms with van der Waals surface area (Å²) in [5.74, 6) is -4.69. The number of hydrogen-bond donors (Lipinski definition) is 1. The van der Waals surface area contributed by atoms with Gasteiger partial charge in [-0.25, -0.2) is 19.5 Å². The fraction of sp³-hybridized carbons (Fsp3) is 0.103. The summed E-state index contributed by atoms with van der Waals surface area (Å²) in [4.78, 5) is 70.5. The molecule has 1 aliphatic carbocycles. The minimum atomic E-state index is -1.23. The van der Waals surface area contributed by atoms with Crippen LogP contribution in [0.5, 0.6) is 0 Å². The first-order valence-electron chi connectivity index (χ1n) is 12.1. The van der Waals surface area contributed by atoms with E-state index in [9.17, 15) is 29.1 Å². The standard InChI is InChI=1S/C29H16ClN3O7/c1-40-29(39)13-3-9-20-19(10-13)31-24-14-4-5-16-23-17(7-6-15(22(14)23)25(34)32(20)24)27(36)33(26(16)35)21-11-12(28(37)38)2-8-18(21)30/h2-11,15,17H,1H3,(H,37,38). The molecule has 0 bridgehead atoms. The van der Waals surface area contributed by atoms with E-state index in [1.807, 2.05) is 0 Å². The second-order valence-electron chi connectivity index (χ2n) is 9.58. The highest BCUT2D eigenvalue weighted by Gasteiger charge is 2.47. The first-order valence-corrected chi connectivity index (χ1v) is 12.5. The highest BCUT2D eigenvalue weighted by atomic mass is 35.5. The highest BCUT2D eigenvalue weighted by Crippen LogP contribution is 2.49. The van der Waals surface area contributed by atoms with Gasteiger partial charge in [0.25, 0.3) is 5.91 Å². The smallest absolute Gasteiger partial charge is 0.337 e. The van der Waals surface area contributed by atoms with E-state index in [-0.39, 0.29) is 33.3 Å². The molecule has 196 valence electrons. The van der Waals surface area contributed by atoms with Crippen LogP contribution in [0.2, 0.25) is 5.02 Å². The molecule has 2 atom stereocenters. The predicted octanol–water partition coefficient (Wildman–Crippen LogP) is 4.42. The summed E-state index contributed by atoms with van der Waals surface area (Å²) in [6.45, 7) is 0. The van der Waals surface area contributed by atoms with Crippen molar-refractivity contribution in [2.45, 2.75) is 11.8 Å². The van der Waals surface area contributed by atoms with Gasteiger partial charge in [0.15, 0.2) is 0 Å². The molecule has 1 N–H and O–H groups in total. The summed E-state index contributed by atoms with van der Waals surface area (Å²) < 4.78 is 6.28. The van der Waals surface area contributed by atoms with Gasteiger partial charge in [-0.1, -0.05) is 29.8 Å². The molecule has 2 aliphatic heterocycles. The number of carboxylic acids is 1. The molecule has 0 saturated heterocycles. The number of anilines is 1. The molecule has 0 spiro atoms. The average Bonchev–Trinajstić information content (AvgIpc) is 3.34. The maximum atomic E-state index is 13.8. The van der Waals surface area contributed by atoms with Crippen LogP contribution in [0.4, 0.5) is 5.69 Å². The first-order chi connectivity index (χ1) is 19.2. The van der Waals surface area contributed by atoms with Crippen molar-refractivity contribution < 1.29 is 33.8 Å². The Morgan fingerprint density at radius 2 is 1.57 bits per heavy atom. The number of carboxylic acid groups (broad SMARTS) is 1. The molecule has 7 rings (SSSR count). The van der Waals surface area contributed by atoms with Crippen LogP contribution in [0, 0.1) is 0 Å². The number of allylic oxidation sites excluding steroid dienone is 1. The number of methoxy groups -OCH3 is 1. The van der Waals surface area contributed by atoms with Crippen molar-refractivity contribution in [3.05, 3.63) is 93.5 Å². The predicted molar refractivity (Wildman–Crippen MR) is 142 cm³/mol. The molecule has 4 aromatic rings. The van der Waals surface area contributed by atoms with Gasteiger partial charge in [-0.05, 0) is 53.6 Å². The van der Waals surface area contributed by atoms with Gasteiger partial charge in [0.2, 0.25) is 11.8 Å². The SMILES string of the molecule is COC(=O)c1ccc2c(c1)nc1n2C(=O)C2C=CC3C(=O)N(c4cc(C(=O)O)ccc4Cl)C(=O)c4ccc-1c2c43. The number of amides is 2. The Balaban J connectivity index is 1.43. The fourth-order valence-electron chi connectivity index (χ4n) is 5.79. The molecule has 3 heterocycles. The molecule has 3 aromatic carbocycles. The molecule has 3 aliphatic rings. The Kier molecular flexibility index (Phi) is 4.92. The zero-order valence-electron chi connectivity index (χ0n) is 20.5. The van der Waals surface area contributed by atoms with E-state index in [4.69, 9.17) is 16.3 Å². The Hall–Kier alpha value is -5.09. The molecule has 1 aromatic heterocycles. The number of benzene rings is 3. The molecular formula is C29H16ClN3O7. The van der Waals surface area contributed by atoms with Gasteiger partial charge < -0.3 is 9.84 Å². The Morgan fingerprint density at radius 3 is 2.30 bits per heavy atom. The van der Waals surface area contributed by atoms with Gasteiger partial charge in [-0.2, -0.15) is 0 Å². The third-order valence-corrected chi connectivity index (χ3v) is 7.88. The second-order valence-corrected chi connectivity index (χ2v) is 9.99. The normalized spacial score (nSPS) is 18.6. The van der Waals surface area contributed by atoms with E-state index < -0.39 is 35.6 Å². The second kappa shape index (κ2) is 8.20. The number of rotatable bonds is 3. The number of imidazole rings is 1. The lowest BCUT2D eigenvalue weighted by Crippen LogP contribution is -2.46. The van der Waals surface area contributed by atoms with E-state index in [0.29, 0.717) is 33.5 Å². The number of halogens is 1. The number of ether oxygens (including phenoxy) is 1. The zero-order valence-corrected chi connectivity index (χ0v) is 21.3. The van der Waals surface area contributed by atoms with Crippen LogP contribution in [-0.4, -0.2) is 51.4 Å². The number of fused-ring (bicyclic) bond motifs is 4. The number of carbonyl (C=O) groups excluding carboxylic acids is 4. The molecule has 2 amide bonds. The Labute approximate surface area is 230 Å². The Morgan fingerprint density at radius 1 is 0.900 bits per heavy atom. The number of carbonyl (C=O) groups is 5. The van der Waals surface area contributed by atoms with E-state index in [0.717, 1.165) is 4.90 Å². The molecule has 0 radical (unpaired) electrons. The summed E-state index contributed by atoms with van der Waals surface area (Å²) in [7, 11) is 1.27. The van der Waals surface area contributed by atoms with Crippen molar-refractivity contribution in [1.29, 1.82) is 0 Å². The molecule has 0 fully saturated rings. The van der Waals surface area contributed by atoms with Crippen molar-refractivity contribution >= 4 is 58.0 Å². The summed E-state index contributed by atoms with van der Waals surface area (Å²) in [5.41, 5.74) is 2.80. The van der Waals surface area contributed by atoms with Gasteiger partial charge in [0.1, 0.15) is 5.82 Å². The lowest BCUT2D eigenvalue weighted by atomic mass is 9.73. The molecule has 11 heteroatoms. The maximum Gasteiger partial charge on any atom is 0.337 e. The van der Waals surface area contributed by atoms with Crippen molar-refractivity contribution in [3.8, 4) is 11.4 Å². The third-order valence-electron chi connectivity index (χ3n) is 7.56. The fourth-order valence-corrected chi connectivity index (χ4v) is 5.99. The minimum absolute atomic E-state index is 0.0326. The number of imide groups is 1. The largest absolute Gasteiger partial charge is 0.478 e. The third kappa shape index (κ3) is 3.04. The van der Waals surface area contributed by atoms with E-state index in [1.165, 1.54) is 29.9 Å². The van der Waals surface area contributed by atoms with Crippen LogP contribution in [0.3, 0.4) is 0 Å². The minimum Gasteiger partial charge on any atom is -0.478 e. The topological polar surface area (TPSA) is 136 Å². The molecule has 2 unspecified atom stereocenters. The maximum absolute atomic E-state index is 13.8. The lowest BCUT2D eigenvalue weighted by molar-refractivity contribution is -0.118. The lowest BCUT2D eigenvalue weighted by Gasteiger charge is -2.38. The van der Waals surface area contributed by atoms with E-state index >= 15 is 0 Å². The molecular weight excluding hydrogens is 538 g/mol. The van der Waals surface area contributed by atoms with Gasteiger partial charge in [-0.3, -0.25) is 19.0 Å². The van der Waals surface area contributed by atoms with Crippen molar-refractivity contribution in [2.75, 3.05) is 12.0 Å². The van der Waals surface area contributed by atoms with Gasteiger partial charge in [0, 0.05) is 11.1 Å². The van der Waals surface area contributed by atoms with Crippen molar-refractivity contribution in [3.63, 3.8) is 0 Å². The van der Waals surface area contributed by atoms with Gasteiger partial charge >= 0.3 is 11.9 Å². The zero-order chi connectivity index (χ0) is 28.0. The van der Waals surface area contributed by atoms with Crippen LogP contribution in [0.25, 0.3) is 22.4 Å². The number of esters is 1. The van der Waals surface area contributed by atoms with Crippen molar-refractivity contribution in [2.24, 2.45) is 0 Å².